The number of piperidine rings is 1. The van der Waals surface area contributed by atoms with Gasteiger partial charge in [-0.2, -0.15) is 0 Å². The molecule has 2 aromatic rings. The van der Waals surface area contributed by atoms with E-state index < -0.39 is 0 Å². The van der Waals surface area contributed by atoms with Crippen LogP contribution < -0.4 is 10.1 Å². The van der Waals surface area contributed by atoms with Crippen molar-refractivity contribution < 1.29 is 9.53 Å². The van der Waals surface area contributed by atoms with Gasteiger partial charge in [0.05, 0.1) is 0 Å². The number of carbonyl (C=O) groups excluding carboxylic acids is 1. The third-order valence-electron chi connectivity index (χ3n) is 5.96. The predicted octanol–water partition coefficient (Wildman–Crippen LogP) is 4.77. The van der Waals surface area contributed by atoms with E-state index in [1.54, 1.807) is 12.4 Å². The first kappa shape index (κ1) is 23.3. The second kappa shape index (κ2) is 11.3. The van der Waals surface area contributed by atoms with Gasteiger partial charge in [-0.3, -0.25) is 9.78 Å². The summed E-state index contributed by atoms with van der Waals surface area (Å²) in [6.45, 7) is 13.4. The minimum atomic E-state index is -0.00905. The second-order valence-electron chi connectivity index (χ2n) is 9.26. The zero-order chi connectivity index (χ0) is 22.2. The summed E-state index contributed by atoms with van der Waals surface area (Å²) in [4.78, 5) is 19.3. The van der Waals surface area contributed by atoms with Gasteiger partial charge < -0.3 is 15.0 Å². The van der Waals surface area contributed by atoms with E-state index in [1.807, 2.05) is 38.1 Å². The molecule has 2 atom stereocenters. The van der Waals surface area contributed by atoms with Gasteiger partial charge in [-0.15, -0.1) is 0 Å². The predicted molar refractivity (Wildman–Crippen MR) is 125 cm³/mol. The molecule has 1 amide bonds. The molecular weight excluding hydrogens is 386 g/mol. The van der Waals surface area contributed by atoms with Gasteiger partial charge in [0.25, 0.3) is 5.91 Å². The smallest absolute Gasteiger partial charge is 0.251 e. The summed E-state index contributed by atoms with van der Waals surface area (Å²) >= 11 is 0. The van der Waals surface area contributed by atoms with Crippen molar-refractivity contribution in [1.82, 2.24) is 15.2 Å². The van der Waals surface area contributed by atoms with Crippen LogP contribution >= 0.6 is 0 Å². The van der Waals surface area contributed by atoms with Crippen LogP contribution in [0.5, 0.6) is 5.75 Å². The van der Waals surface area contributed by atoms with Crippen molar-refractivity contribution in [3.8, 4) is 5.75 Å². The van der Waals surface area contributed by atoms with Gasteiger partial charge in [-0.25, -0.2) is 0 Å². The van der Waals surface area contributed by atoms with E-state index in [1.165, 1.54) is 19.5 Å². The number of nitrogens with one attached hydrogen (secondary N) is 1. The molecule has 1 saturated heterocycles. The minimum absolute atomic E-state index is 0.00905. The molecule has 2 heterocycles. The Balaban J connectivity index is 1.43. The fourth-order valence-corrected chi connectivity index (χ4v) is 4.69. The molecule has 1 aliphatic heterocycles. The monoisotopic (exact) mass is 423 g/mol. The van der Waals surface area contributed by atoms with Crippen LogP contribution in [-0.4, -0.2) is 42.0 Å². The number of nitrogens with zero attached hydrogens (tertiary/aromatic N) is 2. The highest BCUT2D eigenvalue weighted by molar-refractivity contribution is 5.94. The lowest BCUT2D eigenvalue weighted by Gasteiger charge is -2.34. The van der Waals surface area contributed by atoms with Gasteiger partial charge in [0.2, 0.25) is 0 Å². The maximum Gasteiger partial charge on any atom is 0.251 e. The standard InChI is InChI=1S/C26H37N3O2/c1-19-12-20(2)17-29(16-19)11-6-5-10-28-26(30)24-13-21(3)25(22(4)14-24)31-18-23-8-7-9-27-15-23/h7-9,13-15,19-20H,5-6,10-12,16-18H2,1-4H3,(H,28,30). The molecule has 0 spiro atoms. The zero-order valence-electron chi connectivity index (χ0n) is 19.5. The Hall–Kier alpha value is -2.40. The molecule has 31 heavy (non-hydrogen) atoms. The number of unbranched alkanes of at least 4 members (excludes halogenated alkanes) is 1. The van der Waals surface area contributed by atoms with Crippen LogP contribution in [0.4, 0.5) is 0 Å². The summed E-state index contributed by atoms with van der Waals surface area (Å²) in [6, 6.07) is 7.72. The molecule has 1 N–H and O–H groups in total. The van der Waals surface area contributed by atoms with Gasteiger partial charge in [0, 0.05) is 43.2 Å². The minimum Gasteiger partial charge on any atom is -0.488 e. The number of aryl methyl sites for hydroxylation is 2. The highest BCUT2D eigenvalue weighted by Crippen LogP contribution is 2.26. The molecule has 0 aliphatic carbocycles. The van der Waals surface area contributed by atoms with Crippen LogP contribution in [0, 0.1) is 25.7 Å². The molecule has 0 saturated carbocycles. The highest BCUT2D eigenvalue weighted by Gasteiger charge is 2.21. The number of pyridine rings is 1. The number of rotatable bonds is 9. The summed E-state index contributed by atoms with van der Waals surface area (Å²) < 4.78 is 6.00. The first-order chi connectivity index (χ1) is 14.9. The van der Waals surface area contributed by atoms with Crippen LogP contribution in [0.15, 0.2) is 36.7 Å². The lowest BCUT2D eigenvalue weighted by Crippen LogP contribution is -2.39. The van der Waals surface area contributed by atoms with Gasteiger partial charge in [-0.05, 0) is 80.8 Å². The fraction of sp³-hybridized carbons (Fsp3) is 0.538. The number of carbonyl (C=O) groups is 1. The summed E-state index contributed by atoms with van der Waals surface area (Å²) in [5, 5.41) is 3.08. The van der Waals surface area contributed by atoms with E-state index in [2.05, 4.69) is 29.0 Å². The number of likely N-dealkylation sites (tertiary alicyclic amines) is 1. The van der Waals surface area contributed by atoms with Crippen molar-refractivity contribution in [1.29, 1.82) is 0 Å². The molecule has 1 aromatic heterocycles. The molecule has 1 aromatic carbocycles. The summed E-state index contributed by atoms with van der Waals surface area (Å²) in [5.74, 6) is 2.42. The largest absolute Gasteiger partial charge is 0.488 e. The normalized spacial score (nSPS) is 19.2. The Labute approximate surface area is 187 Å². The number of ether oxygens (including phenoxy) is 1. The van der Waals surface area contributed by atoms with Crippen LogP contribution in [0.25, 0.3) is 0 Å². The zero-order valence-corrected chi connectivity index (χ0v) is 19.5. The van der Waals surface area contributed by atoms with Crippen molar-refractivity contribution >= 4 is 5.91 Å². The molecule has 1 fully saturated rings. The molecule has 168 valence electrons. The van der Waals surface area contributed by atoms with Gasteiger partial charge in [0.1, 0.15) is 12.4 Å². The molecule has 3 rings (SSSR count). The van der Waals surface area contributed by atoms with E-state index in [9.17, 15) is 4.79 Å². The van der Waals surface area contributed by atoms with Gasteiger partial charge in [-0.1, -0.05) is 19.9 Å². The Morgan fingerprint density at radius 1 is 1.16 bits per heavy atom. The summed E-state index contributed by atoms with van der Waals surface area (Å²) in [5.41, 5.74) is 3.67. The number of aromatic nitrogens is 1. The van der Waals surface area contributed by atoms with Gasteiger partial charge >= 0.3 is 0 Å². The van der Waals surface area contributed by atoms with Crippen LogP contribution in [0.2, 0.25) is 0 Å². The third-order valence-corrected chi connectivity index (χ3v) is 5.96. The molecule has 5 heteroatoms. The Bertz CT molecular complexity index is 820. The number of benzene rings is 1. The van der Waals surface area contributed by atoms with Crippen molar-refractivity contribution in [2.24, 2.45) is 11.8 Å². The van der Waals surface area contributed by atoms with E-state index in [0.717, 1.165) is 60.2 Å². The number of hydrogen-bond acceptors (Lipinski definition) is 4. The van der Waals surface area contributed by atoms with Crippen LogP contribution in [0.3, 0.4) is 0 Å². The summed E-state index contributed by atoms with van der Waals surface area (Å²) in [6.07, 6.45) is 7.04. The van der Waals surface area contributed by atoms with E-state index in [4.69, 9.17) is 4.74 Å². The quantitative estimate of drug-likeness (QED) is 0.591. The highest BCUT2D eigenvalue weighted by atomic mass is 16.5. The SMILES string of the molecule is Cc1cc(C(=O)NCCCCN2CC(C)CC(C)C2)cc(C)c1OCc1cccnc1. The molecular formula is C26H37N3O2. The average molecular weight is 424 g/mol. The van der Waals surface area contributed by atoms with Crippen molar-refractivity contribution in [2.75, 3.05) is 26.2 Å². The lowest BCUT2D eigenvalue weighted by molar-refractivity contribution is 0.0951. The Kier molecular flexibility index (Phi) is 8.47. The number of hydrogen-bond donors (Lipinski definition) is 1. The summed E-state index contributed by atoms with van der Waals surface area (Å²) in [7, 11) is 0. The molecule has 0 bridgehead atoms. The topological polar surface area (TPSA) is 54.5 Å². The van der Waals surface area contributed by atoms with Crippen molar-refractivity contribution in [3.05, 3.63) is 58.9 Å². The number of amides is 1. The maximum absolute atomic E-state index is 12.6. The average Bonchev–Trinajstić information content (AvgIpc) is 2.72. The van der Waals surface area contributed by atoms with Crippen molar-refractivity contribution in [2.45, 2.75) is 53.6 Å². The van der Waals surface area contributed by atoms with Crippen LogP contribution in [-0.2, 0) is 6.61 Å². The van der Waals surface area contributed by atoms with Gasteiger partial charge in [0.15, 0.2) is 0 Å². The molecule has 1 aliphatic rings. The Morgan fingerprint density at radius 2 is 1.87 bits per heavy atom. The fourth-order valence-electron chi connectivity index (χ4n) is 4.69. The van der Waals surface area contributed by atoms with E-state index in [-0.39, 0.29) is 5.91 Å². The first-order valence-electron chi connectivity index (χ1n) is 11.6. The third kappa shape index (κ3) is 7.06. The van der Waals surface area contributed by atoms with E-state index in [0.29, 0.717) is 12.2 Å². The van der Waals surface area contributed by atoms with Crippen molar-refractivity contribution in [3.63, 3.8) is 0 Å². The lowest BCUT2D eigenvalue weighted by atomic mass is 9.92. The Morgan fingerprint density at radius 3 is 2.52 bits per heavy atom. The molecule has 2 unspecified atom stereocenters. The molecule has 5 nitrogen and oxygen atoms in total. The maximum atomic E-state index is 12.6. The van der Waals surface area contributed by atoms with E-state index >= 15 is 0 Å². The second-order valence-corrected chi connectivity index (χ2v) is 9.26. The van der Waals surface area contributed by atoms with Crippen LogP contribution in [0.1, 0.15) is 60.2 Å². The first-order valence-corrected chi connectivity index (χ1v) is 11.6. The molecule has 0 radical (unpaired) electrons.